The molecular weight excluding hydrogens is 335 g/mol. The number of anilines is 1. The van der Waals surface area contributed by atoms with E-state index in [2.05, 4.69) is 10.6 Å². The molecule has 0 bridgehead atoms. The Morgan fingerprint density at radius 2 is 2.10 bits per heavy atom. The molecule has 8 heteroatoms. The van der Waals surface area contributed by atoms with Gasteiger partial charge in [0.15, 0.2) is 9.84 Å². The molecule has 2 N–H and O–H groups in total. The van der Waals surface area contributed by atoms with Crippen LogP contribution in [0.5, 0.6) is 0 Å². The van der Waals surface area contributed by atoms with Gasteiger partial charge < -0.3 is 10.6 Å². The first-order chi connectivity index (χ1) is 9.87. The van der Waals surface area contributed by atoms with Gasteiger partial charge in [-0.15, -0.1) is 0 Å². The van der Waals surface area contributed by atoms with Gasteiger partial charge in [0, 0.05) is 19.0 Å². The molecule has 0 aliphatic carbocycles. The molecule has 116 valence electrons. The van der Waals surface area contributed by atoms with Crippen molar-refractivity contribution in [2.45, 2.75) is 18.9 Å². The zero-order valence-electron chi connectivity index (χ0n) is 11.2. The van der Waals surface area contributed by atoms with Crippen molar-refractivity contribution in [1.29, 1.82) is 0 Å². The maximum Gasteiger partial charge on any atom is 0.222 e. The van der Waals surface area contributed by atoms with Crippen LogP contribution in [-0.2, 0) is 14.6 Å². The zero-order chi connectivity index (χ0) is 15.5. The molecule has 1 aliphatic heterocycles. The highest BCUT2D eigenvalue weighted by Gasteiger charge is 2.28. The summed E-state index contributed by atoms with van der Waals surface area (Å²) in [6, 6.07) is 4.95. The molecule has 1 saturated heterocycles. The first kappa shape index (κ1) is 16.4. The summed E-state index contributed by atoms with van der Waals surface area (Å²) in [7, 11) is -2.98. The van der Waals surface area contributed by atoms with Crippen LogP contribution in [0.2, 0.25) is 10.0 Å². The second-order valence-corrected chi connectivity index (χ2v) is 7.96. The molecule has 1 aromatic carbocycles. The molecule has 1 unspecified atom stereocenters. The lowest BCUT2D eigenvalue weighted by Crippen LogP contribution is -2.36. The van der Waals surface area contributed by atoms with E-state index >= 15 is 0 Å². The van der Waals surface area contributed by atoms with Gasteiger partial charge in [-0.2, -0.15) is 0 Å². The maximum atomic E-state index is 11.7. The highest BCUT2D eigenvalue weighted by atomic mass is 35.5. The smallest absolute Gasteiger partial charge is 0.222 e. The fourth-order valence-corrected chi connectivity index (χ4v) is 4.20. The molecule has 0 saturated carbocycles. The molecule has 1 amide bonds. The van der Waals surface area contributed by atoms with Crippen LogP contribution in [0.4, 0.5) is 5.69 Å². The Kier molecular flexibility index (Phi) is 5.35. The van der Waals surface area contributed by atoms with Gasteiger partial charge in [-0.1, -0.05) is 29.3 Å². The minimum absolute atomic E-state index is 0.0340. The van der Waals surface area contributed by atoms with Gasteiger partial charge in [-0.25, -0.2) is 8.42 Å². The van der Waals surface area contributed by atoms with Crippen LogP contribution in [0.3, 0.4) is 0 Å². The fourth-order valence-electron chi connectivity index (χ4n) is 2.16. The van der Waals surface area contributed by atoms with E-state index in [0.717, 1.165) is 0 Å². The van der Waals surface area contributed by atoms with E-state index in [4.69, 9.17) is 23.2 Å². The Bertz CT molecular complexity index is 634. The largest absolute Gasteiger partial charge is 0.383 e. The monoisotopic (exact) mass is 350 g/mol. The molecule has 1 aliphatic rings. The Labute approximate surface area is 133 Å². The van der Waals surface area contributed by atoms with Crippen molar-refractivity contribution in [2.75, 3.05) is 23.4 Å². The van der Waals surface area contributed by atoms with Gasteiger partial charge in [0.25, 0.3) is 0 Å². The normalized spacial score (nSPS) is 20.2. The number of nitrogens with one attached hydrogen (secondary N) is 2. The molecule has 2 rings (SSSR count). The lowest BCUT2D eigenvalue weighted by Gasteiger charge is -2.12. The summed E-state index contributed by atoms with van der Waals surface area (Å²) in [6.07, 6.45) is 0.723. The van der Waals surface area contributed by atoms with Gasteiger partial charge in [-0.05, 0) is 18.6 Å². The van der Waals surface area contributed by atoms with E-state index in [0.29, 0.717) is 28.7 Å². The number of halogens is 2. The Balaban J connectivity index is 1.76. The molecule has 1 fully saturated rings. The maximum absolute atomic E-state index is 11.7. The second kappa shape index (κ2) is 6.85. The second-order valence-electron chi connectivity index (χ2n) is 4.95. The average molecular weight is 351 g/mol. The predicted molar refractivity (Wildman–Crippen MR) is 84.8 cm³/mol. The van der Waals surface area contributed by atoms with Crippen molar-refractivity contribution < 1.29 is 13.2 Å². The first-order valence-corrected chi connectivity index (χ1v) is 9.13. The van der Waals surface area contributed by atoms with E-state index in [1.54, 1.807) is 18.2 Å². The Morgan fingerprint density at radius 1 is 1.33 bits per heavy atom. The molecule has 0 spiro atoms. The quantitative estimate of drug-likeness (QED) is 0.852. The number of hydrogen-bond acceptors (Lipinski definition) is 4. The van der Waals surface area contributed by atoms with Crippen molar-refractivity contribution in [3.63, 3.8) is 0 Å². The van der Waals surface area contributed by atoms with Gasteiger partial charge in [0.1, 0.15) is 0 Å². The zero-order valence-corrected chi connectivity index (χ0v) is 13.6. The third-order valence-corrected chi connectivity index (χ3v) is 5.80. The lowest BCUT2D eigenvalue weighted by molar-refractivity contribution is -0.121. The summed E-state index contributed by atoms with van der Waals surface area (Å²) >= 11 is 11.9. The van der Waals surface area contributed by atoms with Crippen LogP contribution in [0.1, 0.15) is 12.8 Å². The van der Waals surface area contributed by atoms with Crippen LogP contribution >= 0.6 is 23.2 Å². The van der Waals surface area contributed by atoms with Gasteiger partial charge in [0.2, 0.25) is 5.91 Å². The number of hydrogen-bond donors (Lipinski definition) is 2. The van der Waals surface area contributed by atoms with Crippen LogP contribution in [0.25, 0.3) is 0 Å². The molecule has 1 heterocycles. The minimum atomic E-state index is -2.98. The fraction of sp³-hybridized carbons (Fsp3) is 0.462. The SMILES string of the molecule is O=C(CCNc1cccc(Cl)c1Cl)NC1CCS(=O)(=O)C1. The van der Waals surface area contributed by atoms with Crippen molar-refractivity contribution in [3.05, 3.63) is 28.2 Å². The van der Waals surface area contributed by atoms with Crippen molar-refractivity contribution in [2.24, 2.45) is 0 Å². The summed E-state index contributed by atoms with van der Waals surface area (Å²) in [6.45, 7) is 0.394. The molecule has 1 aromatic rings. The van der Waals surface area contributed by atoms with E-state index in [1.165, 1.54) is 0 Å². The third-order valence-electron chi connectivity index (χ3n) is 3.22. The number of carbonyl (C=O) groups excluding carboxylic acids is 1. The van der Waals surface area contributed by atoms with E-state index < -0.39 is 9.84 Å². The molecule has 5 nitrogen and oxygen atoms in total. The standard InChI is InChI=1S/C13H16Cl2N2O3S/c14-10-2-1-3-11(13(10)15)16-6-4-12(18)17-9-5-7-21(19,20)8-9/h1-3,9,16H,4-8H2,(H,17,18). The summed E-state index contributed by atoms with van der Waals surface area (Å²) < 4.78 is 22.6. The number of sulfone groups is 1. The van der Waals surface area contributed by atoms with Crippen molar-refractivity contribution >= 4 is 44.6 Å². The summed E-state index contributed by atoms with van der Waals surface area (Å²) in [4.78, 5) is 11.7. The summed E-state index contributed by atoms with van der Waals surface area (Å²) in [5, 5.41) is 6.62. The first-order valence-electron chi connectivity index (χ1n) is 6.55. The van der Waals surface area contributed by atoms with Crippen LogP contribution in [-0.4, -0.2) is 38.4 Å². The lowest BCUT2D eigenvalue weighted by atomic mass is 10.2. The Morgan fingerprint density at radius 3 is 2.76 bits per heavy atom. The Hall–Kier alpha value is -0.980. The van der Waals surface area contributed by atoms with Crippen LogP contribution < -0.4 is 10.6 Å². The molecule has 21 heavy (non-hydrogen) atoms. The van der Waals surface area contributed by atoms with Gasteiger partial charge in [0.05, 0.1) is 27.2 Å². The molecule has 0 aromatic heterocycles. The van der Waals surface area contributed by atoms with Gasteiger partial charge in [-0.3, -0.25) is 4.79 Å². The number of carbonyl (C=O) groups is 1. The van der Waals surface area contributed by atoms with Crippen LogP contribution in [0.15, 0.2) is 18.2 Å². The van der Waals surface area contributed by atoms with Gasteiger partial charge >= 0.3 is 0 Å². The minimum Gasteiger partial charge on any atom is -0.383 e. The van der Waals surface area contributed by atoms with Crippen molar-refractivity contribution in [3.8, 4) is 0 Å². The topological polar surface area (TPSA) is 75.3 Å². The van der Waals surface area contributed by atoms with E-state index in [-0.39, 0.29) is 29.9 Å². The number of rotatable bonds is 5. The van der Waals surface area contributed by atoms with E-state index in [1.807, 2.05) is 0 Å². The predicted octanol–water partition coefficient (Wildman–Crippen LogP) is 2.10. The third kappa shape index (κ3) is 4.76. The summed E-state index contributed by atoms with van der Waals surface area (Å²) in [5.41, 5.74) is 0.667. The van der Waals surface area contributed by atoms with Crippen molar-refractivity contribution in [1.82, 2.24) is 5.32 Å². The molecular formula is C13H16Cl2N2O3S. The van der Waals surface area contributed by atoms with E-state index in [9.17, 15) is 13.2 Å². The van der Waals surface area contributed by atoms with Crippen LogP contribution in [0, 0.1) is 0 Å². The molecule has 1 atom stereocenters. The highest BCUT2D eigenvalue weighted by Crippen LogP contribution is 2.29. The summed E-state index contributed by atoms with van der Waals surface area (Å²) in [5.74, 6) is 0.00315. The molecule has 0 radical (unpaired) electrons. The highest BCUT2D eigenvalue weighted by molar-refractivity contribution is 7.91. The average Bonchev–Trinajstić information content (AvgIpc) is 2.74. The number of amides is 1. The number of benzene rings is 1.